The average Bonchev–Trinajstić information content (AvgIpc) is 2.89. The molecule has 1 heterocycles. The van der Waals surface area contributed by atoms with E-state index < -0.39 is 0 Å². The summed E-state index contributed by atoms with van der Waals surface area (Å²) in [5, 5.41) is 11.6. The lowest BCUT2D eigenvalue weighted by atomic mass is 9.79. The highest BCUT2D eigenvalue weighted by molar-refractivity contribution is 7.99. The molecule has 1 N–H and O–H groups in total. The number of nitrogens with zero attached hydrogens (tertiary/aromatic N) is 1. The molecule has 0 amide bonds. The van der Waals surface area contributed by atoms with Crippen LogP contribution in [0.25, 0.3) is 0 Å². The van der Waals surface area contributed by atoms with Crippen molar-refractivity contribution in [2.24, 2.45) is 0 Å². The first-order chi connectivity index (χ1) is 18.4. The first kappa shape index (κ1) is 31.3. The topological polar surface area (TPSA) is 60.4 Å². The SMILES string of the molecule is COc1ccc(CSC2CCN(CCCOc3cc(C(C)(C)C)c(O)c(C(C)(C)C)c3)CC2)c(OC)c1OC. The zero-order chi connectivity index (χ0) is 28.8. The standard InChI is InChI=1S/C32H49NO5S/c1-31(2,3)25-19-23(20-26(28(25)34)32(4,5)6)38-18-10-15-33-16-13-24(14-17-33)39-21-22-11-12-27(35-7)30(37-9)29(22)36-8/h11-12,19-20,24,34H,10,13-18,21H2,1-9H3. The number of likely N-dealkylation sites (tertiary alicyclic amines) is 1. The van der Waals surface area contributed by atoms with Crippen LogP contribution < -0.4 is 18.9 Å². The minimum atomic E-state index is -0.156. The Labute approximate surface area is 240 Å². The molecule has 3 rings (SSSR count). The first-order valence-electron chi connectivity index (χ1n) is 14.0. The molecule has 0 bridgehead atoms. The summed E-state index contributed by atoms with van der Waals surface area (Å²) < 4.78 is 22.8. The number of phenolic OH excluding ortho intramolecular Hbond substituents is 1. The summed E-state index contributed by atoms with van der Waals surface area (Å²) in [4.78, 5) is 2.55. The Morgan fingerprint density at radius 1 is 0.872 bits per heavy atom. The fourth-order valence-corrected chi connectivity index (χ4v) is 6.28. The van der Waals surface area contributed by atoms with Crippen molar-refractivity contribution in [3.05, 3.63) is 41.0 Å². The van der Waals surface area contributed by atoms with E-state index in [1.165, 1.54) is 12.8 Å². The fraction of sp³-hybridized carbons (Fsp3) is 0.625. The van der Waals surface area contributed by atoms with Gasteiger partial charge in [0.25, 0.3) is 0 Å². The molecule has 1 aliphatic heterocycles. The molecule has 7 heteroatoms. The maximum atomic E-state index is 10.9. The molecule has 1 saturated heterocycles. The van der Waals surface area contributed by atoms with E-state index in [9.17, 15) is 5.11 Å². The lowest BCUT2D eigenvalue weighted by Crippen LogP contribution is -2.36. The summed E-state index contributed by atoms with van der Waals surface area (Å²) in [6.45, 7) is 16.7. The van der Waals surface area contributed by atoms with Crippen LogP contribution in [0.3, 0.4) is 0 Å². The second kappa shape index (κ2) is 13.4. The Bertz CT molecular complexity index is 1050. The van der Waals surface area contributed by atoms with Crippen LogP contribution in [-0.4, -0.2) is 62.8 Å². The van der Waals surface area contributed by atoms with Crippen molar-refractivity contribution < 1.29 is 24.1 Å². The van der Waals surface area contributed by atoms with Gasteiger partial charge in [0.05, 0.1) is 27.9 Å². The Balaban J connectivity index is 1.47. The van der Waals surface area contributed by atoms with Gasteiger partial charge in [-0.2, -0.15) is 11.8 Å². The molecule has 0 spiro atoms. The van der Waals surface area contributed by atoms with Gasteiger partial charge in [-0.1, -0.05) is 47.6 Å². The highest BCUT2D eigenvalue weighted by atomic mass is 32.2. The molecule has 0 atom stereocenters. The zero-order valence-electron chi connectivity index (χ0n) is 25.5. The number of ether oxygens (including phenoxy) is 4. The molecule has 39 heavy (non-hydrogen) atoms. The van der Waals surface area contributed by atoms with Gasteiger partial charge >= 0.3 is 0 Å². The maximum absolute atomic E-state index is 10.9. The maximum Gasteiger partial charge on any atom is 0.203 e. The van der Waals surface area contributed by atoms with E-state index in [1.807, 2.05) is 30.0 Å². The monoisotopic (exact) mass is 559 g/mol. The van der Waals surface area contributed by atoms with Crippen LogP contribution in [0.1, 0.15) is 77.5 Å². The van der Waals surface area contributed by atoms with Gasteiger partial charge in [0, 0.05) is 34.2 Å². The molecule has 1 fully saturated rings. The van der Waals surface area contributed by atoms with Crippen molar-refractivity contribution in [1.29, 1.82) is 0 Å². The van der Waals surface area contributed by atoms with Gasteiger partial charge in [-0.3, -0.25) is 0 Å². The summed E-state index contributed by atoms with van der Waals surface area (Å²) in [7, 11) is 4.97. The summed E-state index contributed by atoms with van der Waals surface area (Å²) in [6, 6.07) is 8.06. The van der Waals surface area contributed by atoms with Crippen molar-refractivity contribution in [3.8, 4) is 28.7 Å². The minimum Gasteiger partial charge on any atom is -0.507 e. The second-order valence-corrected chi connectivity index (χ2v) is 13.7. The molecule has 0 unspecified atom stereocenters. The molecular formula is C32H49NO5S. The van der Waals surface area contributed by atoms with Gasteiger partial charge in [-0.05, 0) is 61.4 Å². The van der Waals surface area contributed by atoms with Gasteiger partial charge in [0.2, 0.25) is 5.75 Å². The highest BCUT2D eigenvalue weighted by Gasteiger charge is 2.27. The van der Waals surface area contributed by atoms with Crippen molar-refractivity contribution >= 4 is 11.8 Å². The van der Waals surface area contributed by atoms with Crippen LogP contribution in [0, 0.1) is 0 Å². The predicted octanol–water partition coefficient (Wildman–Crippen LogP) is 7.18. The van der Waals surface area contributed by atoms with Gasteiger partial charge in [0.15, 0.2) is 11.5 Å². The quantitative estimate of drug-likeness (QED) is 0.293. The molecule has 0 radical (unpaired) electrons. The smallest absolute Gasteiger partial charge is 0.203 e. The van der Waals surface area contributed by atoms with E-state index in [-0.39, 0.29) is 10.8 Å². The number of methoxy groups -OCH3 is 3. The molecule has 1 aliphatic rings. The first-order valence-corrected chi connectivity index (χ1v) is 15.1. The van der Waals surface area contributed by atoms with Crippen LogP contribution in [0.5, 0.6) is 28.7 Å². The van der Waals surface area contributed by atoms with Crippen LogP contribution in [0.2, 0.25) is 0 Å². The summed E-state index contributed by atoms with van der Waals surface area (Å²) in [5.74, 6) is 4.25. The second-order valence-electron chi connectivity index (χ2n) is 12.4. The Morgan fingerprint density at radius 3 is 1.97 bits per heavy atom. The van der Waals surface area contributed by atoms with Gasteiger partial charge < -0.3 is 29.0 Å². The highest BCUT2D eigenvalue weighted by Crippen LogP contribution is 2.43. The Hall–Kier alpha value is -2.25. The molecule has 6 nitrogen and oxygen atoms in total. The number of benzene rings is 2. The van der Waals surface area contributed by atoms with Crippen molar-refractivity contribution in [3.63, 3.8) is 0 Å². The molecular weight excluding hydrogens is 510 g/mol. The number of piperidine rings is 1. The van der Waals surface area contributed by atoms with Crippen LogP contribution in [0.15, 0.2) is 24.3 Å². The van der Waals surface area contributed by atoms with E-state index in [2.05, 4.69) is 52.5 Å². The van der Waals surface area contributed by atoms with Crippen LogP contribution >= 0.6 is 11.8 Å². The third-order valence-electron chi connectivity index (χ3n) is 7.38. The van der Waals surface area contributed by atoms with E-state index in [0.29, 0.717) is 29.1 Å². The van der Waals surface area contributed by atoms with Gasteiger partial charge in [-0.15, -0.1) is 0 Å². The van der Waals surface area contributed by atoms with Crippen LogP contribution in [0.4, 0.5) is 0 Å². The molecule has 0 aromatic heterocycles. The number of aromatic hydroxyl groups is 1. The molecule has 2 aromatic rings. The van der Waals surface area contributed by atoms with E-state index in [0.717, 1.165) is 60.0 Å². The van der Waals surface area contributed by atoms with Crippen molar-refractivity contribution in [2.75, 3.05) is 47.6 Å². The molecule has 0 saturated carbocycles. The van der Waals surface area contributed by atoms with Crippen molar-refractivity contribution in [1.82, 2.24) is 4.90 Å². The summed E-state index contributed by atoms with van der Waals surface area (Å²) >= 11 is 2.00. The fourth-order valence-electron chi connectivity index (χ4n) is 5.10. The lowest BCUT2D eigenvalue weighted by molar-refractivity contribution is 0.207. The molecule has 0 aliphatic carbocycles. The molecule has 218 valence electrons. The average molecular weight is 560 g/mol. The minimum absolute atomic E-state index is 0.156. The number of phenols is 1. The Kier molecular flexibility index (Phi) is 10.8. The third-order valence-corrected chi connectivity index (χ3v) is 8.80. The largest absolute Gasteiger partial charge is 0.507 e. The van der Waals surface area contributed by atoms with E-state index >= 15 is 0 Å². The number of hydrogen-bond donors (Lipinski definition) is 1. The van der Waals surface area contributed by atoms with Crippen molar-refractivity contribution in [2.45, 2.75) is 82.6 Å². The zero-order valence-corrected chi connectivity index (χ0v) is 26.3. The number of hydrogen-bond acceptors (Lipinski definition) is 7. The number of rotatable bonds is 11. The number of thioether (sulfide) groups is 1. The van der Waals surface area contributed by atoms with E-state index in [1.54, 1.807) is 21.3 Å². The summed E-state index contributed by atoms with van der Waals surface area (Å²) in [5.41, 5.74) is 2.70. The summed E-state index contributed by atoms with van der Waals surface area (Å²) in [6.07, 6.45) is 3.35. The predicted molar refractivity (Wildman–Crippen MR) is 162 cm³/mol. The van der Waals surface area contributed by atoms with Gasteiger partial charge in [0.1, 0.15) is 11.5 Å². The molecule has 2 aromatic carbocycles. The normalized spacial score (nSPS) is 15.3. The Morgan fingerprint density at radius 2 is 1.46 bits per heavy atom. The lowest BCUT2D eigenvalue weighted by Gasteiger charge is -2.32. The third kappa shape index (κ3) is 8.14. The van der Waals surface area contributed by atoms with Gasteiger partial charge in [-0.25, -0.2) is 0 Å². The van der Waals surface area contributed by atoms with Crippen LogP contribution in [-0.2, 0) is 16.6 Å². The van der Waals surface area contributed by atoms with E-state index in [4.69, 9.17) is 18.9 Å².